The van der Waals surface area contributed by atoms with Crippen LogP contribution in [0.15, 0.2) is 41.6 Å². The Labute approximate surface area is 151 Å². The van der Waals surface area contributed by atoms with E-state index in [4.69, 9.17) is 0 Å². The normalized spacial score (nSPS) is 17.8. The lowest BCUT2D eigenvalue weighted by Crippen LogP contribution is -2.33. The highest BCUT2D eigenvalue weighted by molar-refractivity contribution is 7.89. The highest BCUT2D eigenvalue weighted by Crippen LogP contribution is 2.40. The molecular formula is C18H19N3O2S2. The van der Waals surface area contributed by atoms with Crippen LogP contribution in [-0.2, 0) is 16.4 Å². The Kier molecular flexibility index (Phi) is 4.10. The van der Waals surface area contributed by atoms with Crippen molar-refractivity contribution in [2.75, 3.05) is 7.05 Å². The third-order valence-electron chi connectivity index (χ3n) is 4.76. The van der Waals surface area contributed by atoms with Crippen LogP contribution in [0.4, 0.5) is 0 Å². The zero-order valence-electron chi connectivity index (χ0n) is 14.1. The molecule has 7 heteroatoms. The van der Waals surface area contributed by atoms with Crippen molar-refractivity contribution in [2.24, 2.45) is 0 Å². The average molecular weight is 374 g/mol. The van der Waals surface area contributed by atoms with Crippen LogP contribution in [0.3, 0.4) is 0 Å². The summed E-state index contributed by atoms with van der Waals surface area (Å²) in [4.78, 5) is 10.1. The van der Waals surface area contributed by atoms with Crippen molar-refractivity contribution in [1.82, 2.24) is 14.3 Å². The zero-order valence-corrected chi connectivity index (χ0v) is 15.8. The van der Waals surface area contributed by atoms with Gasteiger partial charge in [0.05, 0.1) is 21.6 Å². The molecule has 130 valence electrons. The second-order valence-electron chi connectivity index (χ2n) is 6.33. The van der Waals surface area contributed by atoms with Crippen molar-refractivity contribution < 1.29 is 8.42 Å². The Morgan fingerprint density at radius 1 is 1.28 bits per heavy atom. The summed E-state index contributed by atoms with van der Waals surface area (Å²) in [6.45, 7) is 1.98. The number of rotatable bonds is 3. The maximum atomic E-state index is 13.4. The van der Waals surface area contributed by atoms with E-state index in [1.165, 1.54) is 4.31 Å². The molecule has 4 rings (SSSR count). The highest BCUT2D eigenvalue weighted by Gasteiger charge is 2.34. The van der Waals surface area contributed by atoms with Crippen LogP contribution < -0.4 is 0 Å². The molecule has 1 atom stereocenters. The molecule has 0 fully saturated rings. The second-order valence-corrected chi connectivity index (χ2v) is 9.53. The largest absolute Gasteiger partial charge is 0.264 e. The van der Waals surface area contributed by atoms with Crippen LogP contribution in [0.5, 0.6) is 0 Å². The lowest BCUT2D eigenvalue weighted by Gasteiger charge is -2.30. The van der Waals surface area contributed by atoms with E-state index in [1.54, 1.807) is 49.0 Å². The van der Waals surface area contributed by atoms with Crippen LogP contribution in [-0.4, -0.2) is 29.7 Å². The molecular weight excluding hydrogens is 354 g/mol. The molecule has 5 nitrogen and oxygen atoms in total. The Morgan fingerprint density at radius 2 is 2.12 bits per heavy atom. The monoisotopic (exact) mass is 373 g/mol. The van der Waals surface area contributed by atoms with Gasteiger partial charge in [0.15, 0.2) is 0 Å². The summed E-state index contributed by atoms with van der Waals surface area (Å²) in [5, 5.41) is 2.54. The number of hydrogen-bond acceptors (Lipinski definition) is 5. The number of aryl methyl sites for hydroxylation is 2. The van der Waals surface area contributed by atoms with Gasteiger partial charge in [-0.25, -0.2) is 13.4 Å². The SMILES string of the molecule is Cc1nc2c(s1)C(N(C)S(=O)(=O)c1cccc3cnccc13)CCC2. The van der Waals surface area contributed by atoms with Gasteiger partial charge in [-0.2, -0.15) is 4.31 Å². The topological polar surface area (TPSA) is 63.2 Å². The lowest BCUT2D eigenvalue weighted by molar-refractivity contribution is 0.341. The van der Waals surface area contributed by atoms with Gasteiger partial charge in [0.2, 0.25) is 10.0 Å². The van der Waals surface area contributed by atoms with Gasteiger partial charge in [-0.15, -0.1) is 11.3 Å². The van der Waals surface area contributed by atoms with Crippen LogP contribution in [0.25, 0.3) is 10.8 Å². The minimum Gasteiger partial charge on any atom is -0.264 e. The maximum Gasteiger partial charge on any atom is 0.244 e. The smallest absolute Gasteiger partial charge is 0.244 e. The van der Waals surface area contributed by atoms with Crippen LogP contribution in [0.2, 0.25) is 0 Å². The summed E-state index contributed by atoms with van der Waals surface area (Å²) >= 11 is 1.61. The predicted molar refractivity (Wildman–Crippen MR) is 99.2 cm³/mol. The average Bonchev–Trinajstić information content (AvgIpc) is 3.00. The minimum absolute atomic E-state index is 0.142. The summed E-state index contributed by atoms with van der Waals surface area (Å²) in [5.41, 5.74) is 1.06. The number of pyridine rings is 1. The molecule has 2 aromatic heterocycles. The molecule has 0 saturated carbocycles. The van der Waals surface area contributed by atoms with E-state index in [0.717, 1.165) is 40.2 Å². The van der Waals surface area contributed by atoms with E-state index >= 15 is 0 Å². The molecule has 25 heavy (non-hydrogen) atoms. The molecule has 1 aromatic carbocycles. The predicted octanol–water partition coefficient (Wildman–Crippen LogP) is 3.70. The molecule has 0 radical (unpaired) electrons. The molecule has 0 amide bonds. The first-order valence-electron chi connectivity index (χ1n) is 8.25. The first-order chi connectivity index (χ1) is 12.0. The van der Waals surface area contributed by atoms with Gasteiger partial charge in [0.25, 0.3) is 0 Å². The Bertz CT molecular complexity index is 1040. The number of hydrogen-bond donors (Lipinski definition) is 0. The Morgan fingerprint density at radius 3 is 2.96 bits per heavy atom. The quantitative estimate of drug-likeness (QED) is 0.702. The van der Waals surface area contributed by atoms with Gasteiger partial charge < -0.3 is 0 Å². The first kappa shape index (κ1) is 16.6. The van der Waals surface area contributed by atoms with Crippen molar-refractivity contribution in [3.05, 3.63) is 52.2 Å². The van der Waals surface area contributed by atoms with E-state index in [0.29, 0.717) is 10.3 Å². The van der Waals surface area contributed by atoms with Crippen molar-refractivity contribution in [3.8, 4) is 0 Å². The summed E-state index contributed by atoms with van der Waals surface area (Å²) in [6, 6.07) is 6.95. The fraction of sp³-hybridized carbons (Fsp3) is 0.333. The van der Waals surface area contributed by atoms with Gasteiger partial charge in [0, 0.05) is 35.1 Å². The summed E-state index contributed by atoms with van der Waals surface area (Å²) in [6.07, 6.45) is 6.05. The van der Waals surface area contributed by atoms with Gasteiger partial charge in [0.1, 0.15) is 0 Å². The zero-order chi connectivity index (χ0) is 17.6. The third-order valence-corrected chi connectivity index (χ3v) is 7.80. The molecule has 0 bridgehead atoms. The summed E-state index contributed by atoms with van der Waals surface area (Å²) in [5.74, 6) is 0. The van der Waals surface area contributed by atoms with Gasteiger partial charge in [-0.05, 0) is 38.3 Å². The van der Waals surface area contributed by atoms with E-state index in [9.17, 15) is 8.42 Å². The Balaban J connectivity index is 1.80. The van der Waals surface area contributed by atoms with Crippen LogP contribution in [0.1, 0.15) is 34.5 Å². The number of benzene rings is 1. The first-order valence-corrected chi connectivity index (χ1v) is 10.5. The van der Waals surface area contributed by atoms with Crippen molar-refractivity contribution in [3.63, 3.8) is 0 Å². The molecule has 3 aromatic rings. The molecule has 0 N–H and O–H groups in total. The number of nitrogens with zero attached hydrogens (tertiary/aromatic N) is 3. The van der Waals surface area contributed by atoms with E-state index in [1.807, 2.05) is 13.0 Å². The molecule has 2 heterocycles. The minimum atomic E-state index is -3.61. The third kappa shape index (κ3) is 2.76. The Hall–Kier alpha value is -1.83. The lowest BCUT2D eigenvalue weighted by atomic mass is 9.98. The molecule has 0 aliphatic heterocycles. The second kappa shape index (κ2) is 6.16. The fourth-order valence-electron chi connectivity index (χ4n) is 3.51. The number of fused-ring (bicyclic) bond motifs is 2. The van der Waals surface area contributed by atoms with Crippen molar-refractivity contribution >= 4 is 32.1 Å². The fourth-order valence-corrected chi connectivity index (χ4v) is 6.30. The van der Waals surface area contributed by atoms with E-state index < -0.39 is 10.0 Å². The molecule has 0 saturated heterocycles. The number of aromatic nitrogens is 2. The highest BCUT2D eigenvalue weighted by atomic mass is 32.2. The maximum absolute atomic E-state index is 13.4. The number of thiazole rings is 1. The van der Waals surface area contributed by atoms with Gasteiger partial charge >= 0.3 is 0 Å². The standard InChI is InChI=1S/C18H19N3O2S2/c1-12-20-15-6-4-7-16(18(15)24-12)21(2)25(22,23)17-8-3-5-13-11-19-10-9-14(13)17/h3,5,8-11,16H,4,6-7H2,1-2H3. The van der Waals surface area contributed by atoms with Crippen LogP contribution >= 0.6 is 11.3 Å². The van der Waals surface area contributed by atoms with E-state index in [2.05, 4.69) is 9.97 Å². The molecule has 1 unspecified atom stereocenters. The van der Waals surface area contributed by atoms with Gasteiger partial charge in [-0.1, -0.05) is 12.1 Å². The molecule has 1 aliphatic carbocycles. The molecule has 0 spiro atoms. The van der Waals surface area contributed by atoms with Crippen molar-refractivity contribution in [2.45, 2.75) is 37.1 Å². The number of sulfonamides is 1. The summed E-state index contributed by atoms with van der Waals surface area (Å²) in [7, 11) is -1.93. The van der Waals surface area contributed by atoms with Crippen LogP contribution in [0, 0.1) is 6.92 Å². The molecule has 1 aliphatic rings. The van der Waals surface area contributed by atoms with Crippen molar-refractivity contribution in [1.29, 1.82) is 0 Å². The summed E-state index contributed by atoms with van der Waals surface area (Å²) < 4.78 is 28.2. The van der Waals surface area contributed by atoms with Gasteiger partial charge in [-0.3, -0.25) is 4.98 Å². The van der Waals surface area contributed by atoms with E-state index in [-0.39, 0.29) is 6.04 Å².